The van der Waals surface area contributed by atoms with Crippen LogP contribution in [-0.2, 0) is 19.6 Å². The number of hydrogen-bond acceptors (Lipinski definition) is 6. The van der Waals surface area contributed by atoms with E-state index in [9.17, 15) is 0 Å². The van der Waals surface area contributed by atoms with E-state index in [1.807, 2.05) is 18.3 Å². The van der Waals surface area contributed by atoms with Crippen LogP contribution in [0.4, 0.5) is 0 Å². The van der Waals surface area contributed by atoms with Crippen LogP contribution in [0.1, 0.15) is 17.9 Å². The molecule has 1 unspecified atom stereocenters. The predicted molar refractivity (Wildman–Crippen MR) is 86.1 cm³/mol. The van der Waals surface area contributed by atoms with Gasteiger partial charge < -0.3 is 9.15 Å². The fraction of sp³-hybridized carbons (Fsp3) is 0.353. The number of hydrogen-bond donors (Lipinski definition) is 0. The molecule has 0 aromatic carbocycles. The molecular weight excluding hydrogens is 306 g/mol. The minimum Gasteiger partial charge on any atom is -0.475 e. The Bertz CT molecular complexity index is 756. The van der Waals surface area contributed by atoms with Gasteiger partial charge in [-0.15, -0.1) is 0 Å². The Balaban J connectivity index is 1.50. The average molecular weight is 325 g/mol. The van der Waals surface area contributed by atoms with Gasteiger partial charge in [-0.3, -0.25) is 14.6 Å². The second-order valence-electron chi connectivity index (χ2n) is 5.83. The van der Waals surface area contributed by atoms with Crippen molar-refractivity contribution in [3.05, 3.63) is 60.7 Å². The van der Waals surface area contributed by atoms with E-state index in [0.29, 0.717) is 12.5 Å². The first-order chi connectivity index (χ1) is 11.9. The summed E-state index contributed by atoms with van der Waals surface area (Å²) in [6, 6.07) is 6.24. The molecule has 124 valence electrons. The fourth-order valence-electron chi connectivity index (χ4n) is 3.00. The molecule has 3 aromatic heterocycles. The lowest BCUT2D eigenvalue weighted by molar-refractivity contribution is 0.109. The van der Waals surface area contributed by atoms with Crippen molar-refractivity contribution in [2.45, 2.75) is 32.1 Å². The van der Waals surface area contributed by atoms with Gasteiger partial charge in [0, 0.05) is 37.7 Å². The smallest absolute Gasteiger partial charge is 0.232 e. The van der Waals surface area contributed by atoms with Crippen molar-refractivity contribution in [1.29, 1.82) is 0 Å². The van der Waals surface area contributed by atoms with Crippen molar-refractivity contribution in [1.82, 2.24) is 24.6 Å². The van der Waals surface area contributed by atoms with E-state index in [1.165, 1.54) is 5.69 Å². The number of nitrogens with zero attached hydrogens (tertiary/aromatic N) is 5. The average Bonchev–Trinajstić information content (AvgIpc) is 3.25. The van der Waals surface area contributed by atoms with Crippen LogP contribution in [0.5, 0.6) is 5.88 Å². The van der Waals surface area contributed by atoms with E-state index in [-0.39, 0.29) is 6.04 Å². The Morgan fingerprint density at radius 3 is 3.08 bits per heavy atom. The number of fused-ring (bicyclic) bond motifs is 1. The Morgan fingerprint density at radius 1 is 1.25 bits per heavy atom. The SMILES string of the molecule is c1coc(CN2Cc3ccnn3CCC2COc2cnccn2)c1. The monoisotopic (exact) mass is 325 g/mol. The van der Waals surface area contributed by atoms with Gasteiger partial charge in [0.2, 0.25) is 5.88 Å². The van der Waals surface area contributed by atoms with E-state index in [0.717, 1.165) is 31.8 Å². The summed E-state index contributed by atoms with van der Waals surface area (Å²) in [5, 5.41) is 4.40. The third kappa shape index (κ3) is 3.30. The van der Waals surface area contributed by atoms with Crippen LogP contribution >= 0.6 is 0 Å². The van der Waals surface area contributed by atoms with Crippen LogP contribution in [-0.4, -0.2) is 37.3 Å². The van der Waals surface area contributed by atoms with Crippen molar-refractivity contribution in [2.75, 3.05) is 6.61 Å². The summed E-state index contributed by atoms with van der Waals surface area (Å²) in [6.45, 7) is 3.00. The minimum absolute atomic E-state index is 0.249. The highest BCUT2D eigenvalue weighted by atomic mass is 16.5. The number of ether oxygens (including phenoxy) is 1. The molecule has 0 bridgehead atoms. The largest absolute Gasteiger partial charge is 0.475 e. The van der Waals surface area contributed by atoms with E-state index in [4.69, 9.17) is 9.15 Å². The molecule has 0 N–H and O–H groups in total. The Morgan fingerprint density at radius 2 is 2.25 bits per heavy atom. The number of aromatic nitrogens is 4. The van der Waals surface area contributed by atoms with Gasteiger partial charge in [-0.2, -0.15) is 5.10 Å². The summed E-state index contributed by atoms with van der Waals surface area (Å²) in [6.07, 6.45) is 9.44. The fourth-order valence-corrected chi connectivity index (χ4v) is 3.00. The summed E-state index contributed by atoms with van der Waals surface area (Å²) in [4.78, 5) is 10.6. The molecule has 1 aliphatic rings. The second kappa shape index (κ2) is 6.84. The molecule has 3 aromatic rings. The van der Waals surface area contributed by atoms with Gasteiger partial charge in [0.15, 0.2) is 0 Å². The summed E-state index contributed by atoms with van der Waals surface area (Å²) in [7, 11) is 0. The molecule has 7 nitrogen and oxygen atoms in total. The lowest BCUT2D eigenvalue weighted by Crippen LogP contribution is -2.38. The zero-order valence-electron chi connectivity index (χ0n) is 13.3. The Labute approximate surface area is 139 Å². The van der Waals surface area contributed by atoms with Crippen molar-refractivity contribution >= 4 is 0 Å². The van der Waals surface area contributed by atoms with Crippen molar-refractivity contribution in [3.63, 3.8) is 0 Å². The normalized spacial score (nSPS) is 18.1. The maximum absolute atomic E-state index is 5.85. The molecule has 4 rings (SSSR count). The lowest BCUT2D eigenvalue weighted by Gasteiger charge is -2.28. The Hall–Kier alpha value is -2.67. The van der Waals surface area contributed by atoms with E-state index >= 15 is 0 Å². The van der Waals surface area contributed by atoms with Crippen LogP contribution < -0.4 is 4.74 Å². The van der Waals surface area contributed by atoms with Gasteiger partial charge in [0.05, 0.1) is 24.7 Å². The topological polar surface area (TPSA) is 69.2 Å². The van der Waals surface area contributed by atoms with Crippen LogP contribution in [0.15, 0.2) is 53.7 Å². The van der Waals surface area contributed by atoms with E-state index in [2.05, 4.69) is 30.7 Å². The summed E-state index contributed by atoms with van der Waals surface area (Å²) in [5.74, 6) is 1.50. The molecule has 0 radical (unpaired) electrons. The van der Waals surface area contributed by atoms with Gasteiger partial charge in [-0.25, -0.2) is 4.98 Å². The molecule has 0 aliphatic carbocycles. The van der Waals surface area contributed by atoms with Crippen molar-refractivity contribution in [3.8, 4) is 5.88 Å². The first kappa shape index (κ1) is 14.9. The molecule has 0 fully saturated rings. The number of aryl methyl sites for hydroxylation is 1. The maximum atomic E-state index is 5.85. The molecule has 0 saturated carbocycles. The standard InChI is InChI=1S/C17H19N5O2/c1-2-16(23-9-1)12-21-11-14-3-5-20-22(14)8-4-15(21)13-24-17-10-18-6-7-19-17/h1-3,5-7,9-10,15H,4,8,11-13H2. The first-order valence-corrected chi connectivity index (χ1v) is 8.04. The maximum Gasteiger partial charge on any atom is 0.232 e. The van der Waals surface area contributed by atoms with Crippen molar-refractivity contribution < 1.29 is 9.15 Å². The zero-order chi connectivity index (χ0) is 16.2. The zero-order valence-corrected chi connectivity index (χ0v) is 13.3. The highest BCUT2D eigenvalue weighted by Gasteiger charge is 2.25. The number of rotatable bonds is 5. The molecular formula is C17H19N5O2. The van der Waals surface area contributed by atoms with Gasteiger partial charge in [0.25, 0.3) is 0 Å². The molecule has 1 atom stereocenters. The molecule has 0 amide bonds. The van der Waals surface area contributed by atoms with E-state index in [1.54, 1.807) is 24.9 Å². The molecule has 1 aliphatic heterocycles. The summed E-state index contributed by atoms with van der Waals surface area (Å²) < 4.78 is 13.4. The molecule has 0 saturated heterocycles. The predicted octanol–water partition coefficient (Wildman–Crippen LogP) is 2.12. The highest BCUT2D eigenvalue weighted by molar-refractivity contribution is 5.06. The van der Waals surface area contributed by atoms with Crippen LogP contribution in [0.3, 0.4) is 0 Å². The summed E-state index contributed by atoms with van der Waals surface area (Å²) in [5.41, 5.74) is 1.21. The molecule has 7 heteroatoms. The third-order valence-electron chi connectivity index (χ3n) is 4.26. The highest BCUT2D eigenvalue weighted by Crippen LogP contribution is 2.20. The molecule has 0 spiro atoms. The Kier molecular flexibility index (Phi) is 4.24. The van der Waals surface area contributed by atoms with Crippen LogP contribution in [0.2, 0.25) is 0 Å². The minimum atomic E-state index is 0.249. The van der Waals surface area contributed by atoms with Gasteiger partial charge >= 0.3 is 0 Å². The van der Waals surface area contributed by atoms with Gasteiger partial charge in [0.1, 0.15) is 12.4 Å². The van der Waals surface area contributed by atoms with E-state index < -0.39 is 0 Å². The lowest BCUT2D eigenvalue weighted by atomic mass is 10.2. The van der Waals surface area contributed by atoms with Crippen LogP contribution in [0, 0.1) is 0 Å². The second-order valence-corrected chi connectivity index (χ2v) is 5.83. The van der Waals surface area contributed by atoms with Crippen LogP contribution in [0.25, 0.3) is 0 Å². The number of furan rings is 1. The van der Waals surface area contributed by atoms with Crippen molar-refractivity contribution in [2.24, 2.45) is 0 Å². The third-order valence-corrected chi connectivity index (χ3v) is 4.26. The van der Waals surface area contributed by atoms with Gasteiger partial charge in [-0.05, 0) is 24.6 Å². The summed E-state index contributed by atoms with van der Waals surface area (Å²) >= 11 is 0. The quantitative estimate of drug-likeness (QED) is 0.716. The molecule has 24 heavy (non-hydrogen) atoms. The molecule has 4 heterocycles. The first-order valence-electron chi connectivity index (χ1n) is 8.04. The van der Waals surface area contributed by atoms with Gasteiger partial charge in [-0.1, -0.05) is 0 Å².